The van der Waals surface area contributed by atoms with Gasteiger partial charge in [-0.3, -0.25) is 9.59 Å². The maximum atomic E-state index is 12.5. The van der Waals surface area contributed by atoms with Gasteiger partial charge in [0, 0.05) is 5.92 Å². The molecular weight excluding hydrogens is 266 g/mol. The summed E-state index contributed by atoms with van der Waals surface area (Å²) in [5, 5.41) is 0. The molecule has 0 aliphatic carbocycles. The van der Waals surface area contributed by atoms with Crippen LogP contribution < -0.4 is 4.90 Å². The third kappa shape index (κ3) is 1.80. The van der Waals surface area contributed by atoms with E-state index in [-0.39, 0.29) is 11.8 Å². The SMILES string of the molecule is O=C1c2ccccc2C(=O)N1c1cccc(C2COC2)c1. The highest BCUT2D eigenvalue weighted by molar-refractivity contribution is 6.34. The van der Waals surface area contributed by atoms with E-state index in [0.717, 1.165) is 5.56 Å². The molecule has 0 spiro atoms. The summed E-state index contributed by atoms with van der Waals surface area (Å²) in [6.45, 7) is 1.40. The number of hydrogen-bond donors (Lipinski definition) is 0. The number of nitrogens with zero attached hydrogens (tertiary/aromatic N) is 1. The van der Waals surface area contributed by atoms with Crippen molar-refractivity contribution in [1.82, 2.24) is 0 Å². The second kappa shape index (κ2) is 4.53. The largest absolute Gasteiger partial charge is 0.380 e. The number of fused-ring (bicyclic) bond motifs is 1. The average Bonchev–Trinajstić information content (AvgIpc) is 2.70. The van der Waals surface area contributed by atoms with Crippen LogP contribution in [0.5, 0.6) is 0 Å². The van der Waals surface area contributed by atoms with Gasteiger partial charge in [0.05, 0.1) is 30.0 Å². The van der Waals surface area contributed by atoms with Crippen LogP contribution in [-0.4, -0.2) is 25.0 Å². The summed E-state index contributed by atoms with van der Waals surface area (Å²) in [6.07, 6.45) is 0. The first-order chi connectivity index (χ1) is 10.3. The van der Waals surface area contributed by atoms with Gasteiger partial charge < -0.3 is 4.74 Å². The Kier molecular flexibility index (Phi) is 2.65. The summed E-state index contributed by atoms with van der Waals surface area (Å²) in [5.41, 5.74) is 2.68. The molecule has 0 saturated carbocycles. The van der Waals surface area contributed by atoms with E-state index in [1.807, 2.05) is 18.2 Å². The third-order valence-corrected chi connectivity index (χ3v) is 4.03. The molecule has 0 aromatic heterocycles. The molecule has 1 fully saturated rings. The van der Waals surface area contributed by atoms with Crippen molar-refractivity contribution in [3.8, 4) is 0 Å². The second-order valence-electron chi connectivity index (χ2n) is 5.32. The van der Waals surface area contributed by atoms with E-state index in [2.05, 4.69) is 0 Å². The van der Waals surface area contributed by atoms with Gasteiger partial charge in [-0.1, -0.05) is 24.3 Å². The van der Waals surface area contributed by atoms with Gasteiger partial charge in [0.2, 0.25) is 0 Å². The quantitative estimate of drug-likeness (QED) is 0.794. The van der Waals surface area contributed by atoms with E-state index in [1.54, 1.807) is 30.3 Å². The van der Waals surface area contributed by atoms with Crippen LogP contribution in [0.1, 0.15) is 32.2 Å². The standard InChI is InChI=1S/C17H13NO3/c19-16-14-6-1-2-7-15(14)17(20)18(16)13-5-3-4-11(8-13)12-9-21-10-12/h1-8,12H,9-10H2. The molecule has 1 saturated heterocycles. The Balaban J connectivity index is 1.75. The first kappa shape index (κ1) is 12.3. The summed E-state index contributed by atoms with van der Waals surface area (Å²) in [6, 6.07) is 14.5. The lowest BCUT2D eigenvalue weighted by molar-refractivity contribution is 0.00844. The molecular formula is C17H13NO3. The van der Waals surface area contributed by atoms with Crippen molar-refractivity contribution in [2.75, 3.05) is 18.1 Å². The van der Waals surface area contributed by atoms with Crippen LogP contribution in [0.25, 0.3) is 0 Å². The van der Waals surface area contributed by atoms with Crippen molar-refractivity contribution in [2.24, 2.45) is 0 Å². The number of anilines is 1. The van der Waals surface area contributed by atoms with E-state index in [1.165, 1.54) is 4.90 Å². The zero-order valence-corrected chi connectivity index (χ0v) is 11.3. The van der Waals surface area contributed by atoms with Crippen molar-refractivity contribution >= 4 is 17.5 Å². The highest BCUT2D eigenvalue weighted by atomic mass is 16.5. The lowest BCUT2D eigenvalue weighted by Gasteiger charge is -2.27. The number of carbonyl (C=O) groups excluding carboxylic acids is 2. The molecule has 0 atom stereocenters. The van der Waals surface area contributed by atoms with Gasteiger partial charge in [0.15, 0.2) is 0 Å². The Morgan fingerprint density at radius 1 is 0.905 bits per heavy atom. The van der Waals surface area contributed by atoms with Gasteiger partial charge in [-0.15, -0.1) is 0 Å². The van der Waals surface area contributed by atoms with Crippen LogP contribution in [-0.2, 0) is 4.74 Å². The summed E-state index contributed by atoms with van der Waals surface area (Å²) >= 11 is 0. The molecule has 2 aliphatic rings. The van der Waals surface area contributed by atoms with Gasteiger partial charge in [0.1, 0.15) is 0 Å². The zero-order valence-electron chi connectivity index (χ0n) is 11.3. The summed E-state index contributed by atoms with van der Waals surface area (Å²) in [5.74, 6) is -0.143. The molecule has 0 unspecified atom stereocenters. The molecule has 4 heteroatoms. The lowest BCUT2D eigenvalue weighted by atomic mass is 9.97. The molecule has 0 N–H and O–H groups in total. The maximum Gasteiger partial charge on any atom is 0.266 e. The number of rotatable bonds is 2. The highest BCUT2D eigenvalue weighted by Gasteiger charge is 2.36. The summed E-state index contributed by atoms with van der Waals surface area (Å²) < 4.78 is 5.20. The van der Waals surface area contributed by atoms with Crippen LogP contribution in [0.15, 0.2) is 48.5 Å². The molecule has 2 amide bonds. The number of ether oxygens (including phenoxy) is 1. The minimum Gasteiger partial charge on any atom is -0.380 e. The number of hydrogen-bond acceptors (Lipinski definition) is 3. The van der Waals surface area contributed by atoms with Gasteiger partial charge >= 0.3 is 0 Å². The van der Waals surface area contributed by atoms with E-state index >= 15 is 0 Å². The number of benzene rings is 2. The van der Waals surface area contributed by atoms with Crippen LogP contribution in [0.4, 0.5) is 5.69 Å². The Morgan fingerprint density at radius 2 is 1.57 bits per heavy atom. The average molecular weight is 279 g/mol. The van der Waals surface area contributed by atoms with E-state index in [0.29, 0.717) is 35.9 Å². The predicted molar refractivity (Wildman–Crippen MR) is 77.6 cm³/mol. The first-order valence-corrected chi connectivity index (χ1v) is 6.91. The summed E-state index contributed by atoms with van der Waals surface area (Å²) in [7, 11) is 0. The molecule has 0 radical (unpaired) electrons. The third-order valence-electron chi connectivity index (χ3n) is 4.03. The van der Waals surface area contributed by atoms with E-state index in [9.17, 15) is 9.59 Å². The molecule has 21 heavy (non-hydrogen) atoms. The fraction of sp³-hybridized carbons (Fsp3) is 0.176. The van der Waals surface area contributed by atoms with Crippen molar-refractivity contribution in [2.45, 2.75) is 5.92 Å². The van der Waals surface area contributed by atoms with Gasteiger partial charge in [0.25, 0.3) is 11.8 Å². The minimum atomic E-state index is -0.252. The van der Waals surface area contributed by atoms with E-state index in [4.69, 9.17) is 4.74 Å². The summed E-state index contributed by atoms with van der Waals surface area (Å²) in [4.78, 5) is 26.2. The number of carbonyl (C=O) groups is 2. The monoisotopic (exact) mass is 279 g/mol. The molecule has 2 heterocycles. The topological polar surface area (TPSA) is 46.6 Å². The molecule has 4 rings (SSSR count). The van der Waals surface area contributed by atoms with Crippen LogP contribution in [0.3, 0.4) is 0 Å². The molecule has 104 valence electrons. The van der Waals surface area contributed by atoms with Crippen molar-refractivity contribution < 1.29 is 14.3 Å². The molecule has 2 aromatic carbocycles. The zero-order chi connectivity index (χ0) is 14.4. The minimum absolute atomic E-state index is 0.252. The molecule has 2 aromatic rings. The van der Waals surface area contributed by atoms with Crippen molar-refractivity contribution in [1.29, 1.82) is 0 Å². The van der Waals surface area contributed by atoms with Crippen molar-refractivity contribution in [3.63, 3.8) is 0 Å². The fourth-order valence-electron chi connectivity index (χ4n) is 2.77. The number of amides is 2. The van der Waals surface area contributed by atoms with Gasteiger partial charge in [-0.25, -0.2) is 4.90 Å². The lowest BCUT2D eigenvalue weighted by Crippen LogP contribution is -2.30. The molecule has 0 bridgehead atoms. The maximum absolute atomic E-state index is 12.5. The van der Waals surface area contributed by atoms with Crippen LogP contribution in [0, 0.1) is 0 Å². The molecule has 4 nitrogen and oxygen atoms in total. The van der Waals surface area contributed by atoms with E-state index < -0.39 is 0 Å². The Hall–Kier alpha value is -2.46. The van der Waals surface area contributed by atoms with Crippen LogP contribution >= 0.6 is 0 Å². The Labute approximate surface area is 121 Å². The fourth-order valence-corrected chi connectivity index (χ4v) is 2.77. The van der Waals surface area contributed by atoms with Gasteiger partial charge in [-0.2, -0.15) is 0 Å². The first-order valence-electron chi connectivity index (χ1n) is 6.91. The molecule has 2 aliphatic heterocycles. The number of imide groups is 1. The smallest absolute Gasteiger partial charge is 0.266 e. The highest BCUT2D eigenvalue weighted by Crippen LogP contribution is 2.31. The van der Waals surface area contributed by atoms with Crippen LogP contribution in [0.2, 0.25) is 0 Å². The predicted octanol–water partition coefficient (Wildman–Crippen LogP) is 2.60. The van der Waals surface area contributed by atoms with Crippen molar-refractivity contribution in [3.05, 3.63) is 65.2 Å². The second-order valence-corrected chi connectivity index (χ2v) is 5.32. The normalized spacial score (nSPS) is 17.8. The van der Waals surface area contributed by atoms with Gasteiger partial charge in [-0.05, 0) is 29.8 Å². The Bertz CT molecular complexity index is 714. The Morgan fingerprint density at radius 3 is 2.14 bits per heavy atom.